The zero-order valence-corrected chi connectivity index (χ0v) is 11.8. The summed E-state index contributed by atoms with van der Waals surface area (Å²) in [5, 5.41) is 3.50. The fraction of sp³-hybridized carbons (Fsp3) is 0.600. The van der Waals surface area contributed by atoms with E-state index in [9.17, 15) is 0 Å². The molecule has 2 heteroatoms. The van der Waals surface area contributed by atoms with Crippen molar-refractivity contribution < 1.29 is 0 Å². The molecule has 0 radical (unpaired) electrons. The minimum absolute atomic E-state index is 0.177. The van der Waals surface area contributed by atoms with Gasteiger partial charge in [-0.25, -0.2) is 0 Å². The summed E-state index contributed by atoms with van der Waals surface area (Å²) in [6.07, 6.45) is 2.27. The molecule has 2 nitrogen and oxygen atoms in total. The number of rotatable bonds is 6. The van der Waals surface area contributed by atoms with Crippen molar-refractivity contribution in [3.05, 3.63) is 35.9 Å². The molecule has 0 bridgehead atoms. The third-order valence-corrected chi connectivity index (χ3v) is 4.07. The second-order valence-corrected chi connectivity index (χ2v) is 4.84. The first-order valence-corrected chi connectivity index (χ1v) is 6.52. The summed E-state index contributed by atoms with van der Waals surface area (Å²) in [5.74, 6) is 0. The number of hydrogen-bond acceptors (Lipinski definition) is 2. The van der Waals surface area contributed by atoms with E-state index in [1.54, 1.807) is 0 Å². The predicted octanol–water partition coefficient (Wildman–Crippen LogP) is 3.07. The van der Waals surface area contributed by atoms with Gasteiger partial charge in [0.25, 0.3) is 0 Å². The molecule has 96 valence electrons. The Morgan fingerprint density at radius 3 is 2.00 bits per heavy atom. The third-order valence-electron chi connectivity index (χ3n) is 4.07. The van der Waals surface area contributed by atoms with Crippen molar-refractivity contribution in [2.75, 3.05) is 21.1 Å². The van der Waals surface area contributed by atoms with E-state index in [1.807, 2.05) is 0 Å². The van der Waals surface area contributed by atoms with Crippen molar-refractivity contribution in [1.29, 1.82) is 0 Å². The van der Waals surface area contributed by atoms with Crippen LogP contribution < -0.4 is 5.32 Å². The number of likely N-dealkylation sites (N-methyl/N-ethyl adjacent to an activating group) is 2. The summed E-state index contributed by atoms with van der Waals surface area (Å²) in [6.45, 7) is 4.55. The number of nitrogens with zero attached hydrogens (tertiary/aromatic N) is 1. The Bertz CT molecular complexity index is 315. The van der Waals surface area contributed by atoms with Crippen molar-refractivity contribution in [1.82, 2.24) is 10.2 Å². The smallest absolute Gasteiger partial charge is 0.0504 e. The highest BCUT2D eigenvalue weighted by Crippen LogP contribution is 2.35. The van der Waals surface area contributed by atoms with Crippen molar-refractivity contribution in [2.45, 2.75) is 38.3 Å². The fourth-order valence-electron chi connectivity index (χ4n) is 2.94. The van der Waals surface area contributed by atoms with E-state index in [1.165, 1.54) is 5.56 Å². The molecule has 0 fully saturated rings. The first-order valence-electron chi connectivity index (χ1n) is 6.52. The predicted molar refractivity (Wildman–Crippen MR) is 75.2 cm³/mol. The van der Waals surface area contributed by atoms with Gasteiger partial charge in [0, 0.05) is 5.54 Å². The Balaban J connectivity index is 3.14. The molecule has 0 saturated heterocycles. The van der Waals surface area contributed by atoms with Gasteiger partial charge >= 0.3 is 0 Å². The molecule has 0 aliphatic rings. The minimum atomic E-state index is 0.177. The first-order chi connectivity index (χ1) is 8.12. The highest BCUT2D eigenvalue weighted by molar-refractivity contribution is 5.23. The topological polar surface area (TPSA) is 15.3 Å². The molecule has 1 rings (SSSR count). The Labute approximate surface area is 106 Å². The molecular weight excluding hydrogens is 208 g/mol. The zero-order valence-electron chi connectivity index (χ0n) is 11.8. The molecule has 1 atom stereocenters. The summed E-state index contributed by atoms with van der Waals surface area (Å²) in [6, 6.07) is 11.1. The van der Waals surface area contributed by atoms with Gasteiger partial charge in [-0.3, -0.25) is 0 Å². The van der Waals surface area contributed by atoms with Crippen molar-refractivity contribution >= 4 is 0 Å². The van der Waals surface area contributed by atoms with Crippen molar-refractivity contribution in [3.63, 3.8) is 0 Å². The number of hydrogen-bond donors (Lipinski definition) is 1. The van der Waals surface area contributed by atoms with Gasteiger partial charge in [-0.1, -0.05) is 44.2 Å². The SMILES string of the molecule is CCC(CC)(C(NC)c1ccccc1)N(C)C. The summed E-state index contributed by atoms with van der Waals surface area (Å²) >= 11 is 0. The monoisotopic (exact) mass is 234 g/mol. The number of nitrogens with one attached hydrogen (secondary N) is 1. The molecule has 1 aromatic rings. The van der Waals surface area contributed by atoms with Crippen LogP contribution >= 0.6 is 0 Å². The average Bonchev–Trinajstić information content (AvgIpc) is 2.36. The van der Waals surface area contributed by atoms with Crippen LogP contribution in [0.3, 0.4) is 0 Å². The van der Waals surface area contributed by atoms with Crippen LogP contribution in [0.1, 0.15) is 38.3 Å². The van der Waals surface area contributed by atoms with Crippen LogP contribution in [0.5, 0.6) is 0 Å². The second-order valence-electron chi connectivity index (χ2n) is 4.84. The van der Waals surface area contributed by atoms with E-state index in [2.05, 4.69) is 75.5 Å². The molecule has 0 spiro atoms. The largest absolute Gasteiger partial charge is 0.311 e. The lowest BCUT2D eigenvalue weighted by Crippen LogP contribution is -2.52. The maximum atomic E-state index is 3.50. The molecule has 17 heavy (non-hydrogen) atoms. The fourth-order valence-corrected chi connectivity index (χ4v) is 2.94. The standard InChI is InChI=1S/C15H26N2/c1-6-15(7-2,17(4)5)14(16-3)13-11-9-8-10-12-13/h8-12,14,16H,6-7H2,1-5H3. The number of benzene rings is 1. The summed E-state index contributed by atoms with van der Waals surface area (Å²) in [7, 11) is 6.42. The van der Waals surface area contributed by atoms with Crippen LogP contribution in [0, 0.1) is 0 Å². The van der Waals surface area contributed by atoms with E-state index in [4.69, 9.17) is 0 Å². The van der Waals surface area contributed by atoms with Crippen LogP contribution in [-0.2, 0) is 0 Å². The molecule has 1 N–H and O–H groups in total. The van der Waals surface area contributed by atoms with Gasteiger partial charge in [0.15, 0.2) is 0 Å². The second kappa shape index (κ2) is 6.18. The molecular formula is C15H26N2. The van der Waals surface area contributed by atoms with Crippen LogP contribution in [0.4, 0.5) is 0 Å². The Morgan fingerprint density at radius 2 is 1.65 bits per heavy atom. The lowest BCUT2D eigenvalue weighted by molar-refractivity contribution is 0.0918. The van der Waals surface area contributed by atoms with Crippen molar-refractivity contribution in [2.24, 2.45) is 0 Å². The average molecular weight is 234 g/mol. The van der Waals surface area contributed by atoms with E-state index < -0.39 is 0 Å². The van der Waals surface area contributed by atoms with Gasteiger partial charge < -0.3 is 10.2 Å². The zero-order chi connectivity index (χ0) is 12.9. The lowest BCUT2D eigenvalue weighted by atomic mass is 9.79. The van der Waals surface area contributed by atoms with Gasteiger partial charge in [-0.2, -0.15) is 0 Å². The molecule has 0 amide bonds. The van der Waals surface area contributed by atoms with E-state index in [-0.39, 0.29) is 5.54 Å². The molecule has 0 aliphatic carbocycles. The van der Waals surface area contributed by atoms with Gasteiger partial charge in [0.1, 0.15) is 0 Å². The molecule has 0 aromatic heterocycles. The van der Waals surface area contributed by atoms with Gasteiger partial charge in [0.2, 0.25) is 0 Å². The van der Waals surface area contributed by atoms with Gasteiger partial charge in [-0.15, -0.1) is 0 Å². The van der Waals surface area contributed by atoms with E-state index >= 15 is 0 Å². The third kappa shape index (κ3) is 2.70. The highest BCUT2D eigenvalue weighted by atomic mass is 15.2. The minimum Gasteiger partial charge on any atom is -0.311 e. The van der Waals surface area contributed by atoms with E-state index in [0.717, 1.165) is 12.8 Å². The molecule has 0 aliphatic heterocycles. The molecule has 1 unspecified atom stereocenters. The van der Waals surface area contributed by atoms with Crippen LogP contribution in [0.2, 0.25) is 0 Å². The quantitative estimate of drug-likeness (QED) is 0.814. The molecule has 1 aromatic carbocycles. The highest BCUT2D eigenvalue weighted by Gasteiger charge is 2.37. The Hall–Kier alpha value is -0.860. The van der Waals surface area contributed by atoms with E-state index in [0.29, 0.717) is 6.04 Å². The van der Waals surface area contributed by atoms with Crippen LogP contribution in [0.25, 0.3) is 0 Å². The Morgan fingerprint density at radius 1 is 1.12 bits per heavy atom. The maximum Gasteiger partial charge on any atom is 0.0504 e. The Kier molecular flexibility index (Phi) is 5.16. The summed E-state index contributed by atoms with van der Waals surface area (Å²) in [5.41, 5.74) is 1.54. The molecule has 0 heterocycles. The maximum absolute atomic E-state index is 3.50. The van der Waals surface area contributed by atoms with Crippen LogP contribution in [-0.4, -0.2) is 31.6 Å². The van der Waals surface area contributed by atoms with Crippen LogP contribution in [0.15, 0.2) is 30.3 Å². The van der Waals surface area contributed by atoms with Gasteiger partial charge in [-0.05, 0) is 39.5 Å². The normalized spacial score (nSPS) is 14.0. The summed E-state index contributed by atoms with van der Waals surface area (Å²) < 4.78 is 0. The summed E-state index contributed by atoms with van der Waals surface area (Å²) in [4.78, 5) is 2.36. The van der Waals surface area contributed by atoms with Gasteiger partial charge in [0.05, 0.1) is 6.04 Å². The van der Waals surface area contributed by atoms with Crippen molar-refractivity contribution in [3.8, 4) is 0 Å². The lowest BCUT2D eigenvalue weighted by Gasteiger charge is -2.45. The molecule has 0 saturated carbocycles. The first kappa shape index (κ1) is 14.2.